The highest BCUT2D eigenvalue weighted by Gasteiger charge is 2.31. The molecule has 0 radical (unpaired) electrons. The van der Waals surface area contributed by atoms with Crippen LogP contribution in [0.3, 0.4) is 0 Å². The second-order valence-electron chi connectivity index (χ2n) is 7.44. The van der Waals surface area contributed by atoms with E-state index in [9.17, 15) is 0 Å². The van der Waals surface area contributed by atoms with Gasteiger partial charge in [-0.3, -0.25) is 4.99 Å². The van der Waals surface area contributed by atoms with Crippen LogP contribution in [0, 0.1) is 13.8 Å². The van der Waals surface area contributed by atoms with Crippen molar-refractivity contribution in [3.8, 4) is 0 Å². The molecule has 1 aliphatic heterocycles. The van der Waals surface area contributed by atoms with E-state index < -0.39 is 0 Å². The highest BCUT2D eigenvalue weighted by molar-refractivity contribution is 6.04. The van der Waals surface area contributed by atoms with E-state index in [0.717, 1.165) is 23.5 Å². The van der Waals surface area contributed by atoms with Gasteiger partial charge in [0.05, 0.1) is 22.6 Å². The summed E-state index contributed by atoms with van der Waals surface area (Å²) < 4.78 is 0. The summed E-state index contributed by atoms with van der Waals surface area (Å²) in [6, 6.07) is 25.8. The molecule has 0 fully saturated rings. The van der Waals surface area contributed by atoms with Crippen molar-refractivity contribution in [2.45, 2.75) is 32.7 Å². The Hall–Kier alpha value is -2.87. The topological polar surface area (TPSA) is 24.4 Å². The van der Waals surface area contributed by atoms with Crippen molar-refractivity contribution in [2.75, 3.05) is 5.32 Å². The number of aliphatic imine (C=N–C) groups is 1. The van der Waals surface area contributed by atoms with E-state index in [1.54, 1.807) is 0 Å². The van der Waals surface area contributed by atoms with Crippen LogP contribution >= 0.6 is 0 Å². The molecule has 2 heteroatoms. The third kappa shape index (κ3) is 3.15. The first kappa shape index (κ1) is 16.6. The molecule has 0 saturated carbocycles. The minimum Gasteiger partial charge on any atom is -0.374 e. The highest BCUT2D eigenvalue weighted by atomic mass is 15.0. The van der Waals surface area contributed by atoms with Gasteiger partial charge in [0.1, 0.15) is 0 Å². The molecule has 2 nitrogen and oxygen atoms in total. The third-order valence-corrected chi connectivity index (χ3v) is 5.16. The maximum atomic E-state index is 5.03. The number of para-hydroxylation sites is 2. The summed E-state index contributed by atoms with van der Waals surface area (Å²) in [4.78, 5) is 5.03. The first-order chi connectivity index (χ1) is 12.5. The van der Waals surface area contributed by atoms with Crippen LogP contribution in [0.4, 0.5) is 11.4 Å². The number of hydrogen-bond acceptors (Lipinski definition) is 2. The van der Waals surface area contributed by atoms with Crippen molar-refractivity contribution in [3.05, 3.63) is 95.1 Å². The van der Waals surface area contributed by atoms with Crippen molar-refractivity contribution in [1.82, 2.24) is 0 Å². The summed E-state index contributed by atoms with van der Waals surface area (Å²) >= 11 is 0. The molecule has 0 bridgehead atoms. The van der Waals surface area contributed by atoms with Crippen LogP contribution in [0.25, 0.3) is 0 Å². The van der Waals surface area contributed by atoms with Crippen LogP contribution < -0.4 is 5.32 Å². The van der Waals surface area contributed by atoms with Crippen LogP contribution in [-0.2, 0) is 5.54 Å². The highest BCUT2D eigenvalue weighted by Crippen LogP contribution is 2.39. The maximum Gasteiger partial charge on any atom is 0.0864 e. The second kappa shape index (κ2) is 6.45. The Labute approximate surface area is 155 Å². The molecule has 1 aliphatic rings. The average molecular weight is 340 g/mol. The van der Waals surface area contributed by atoms with Crippen molar-refractivity contribution in [1.29, 1.82) is 0 Å². The summed E-state index contributed by atoms with van der Waals surface area (Å²) in [5.41, 5.74) is 7.99. The second-order valence-corrected chi connectivity index (χ2v) is 7.44. The van der Waals surface area contributed by atoms with Crippen LogP contribution in [0.2, 0.25) is 0 Å². The van der Waals surface area contributed by atoms with Crippen LogP contribution in [-0.4, -0.2) is 5.71 Å². The lowest BCUT2D eigenvalue weighted by atomic mass is 9.84. The first-order valence-corrected chi connectivity index (χ1v) is 9.12. The van der Waals surface area contributed by atoms with Gasteiger partial charge in [0.2, 0.25) is 0 Å². The predicted molar refractivity (Wildman–Crippen MR) is 111 cm³/mol. The minimum atomic E-state index is -0.218. The van der Waals surface area contributed by atoms with Gasteiger partial charge in [-0.25, -0.2) is 0 Å². The minimum absolute atomic E-state index is 0.218. The van der Waals surface area contributed by atoms with Crippen molar-refractivity contribution in [2.24, 2.45) is 4.99 Å². The molecular formula is C24H24N2. The van der Waals surface area contributed by atoms with Crippen LogP contribution in [0.15, 0.2) is 77.8 Å². The lowest BCUT2D eigenvalue weighted by Gasteiger charge is -2.32. The molecule has 3 aromatic carbocycles. The Bertz CT molecular complexity index is 952. The van der Waals surface area contributed by atoms with Crippen molar-refractivity contribution >= 4 is 17.1 Å². The number of benzene rings is 3. The molecule has 1 unspecified atom stereocenters. The molecule has 1 atom stereocenters. The fourth-order valence-electron chi connectivity index (χ4n) is 3.55. The number of hydrogen-bond donors (Lipinski definition) is 1. The fourth-order valence-corrected chi connectivity index (χ4v) is 3.55. The molecule has 4 rings (SSSR count). The molecule has 0 aliphatic carbocycles. The summed E-state index contributed by atoms with van der Waals surface area (Å²) in [7, 11) is 0. The van der Waals surface area contributed by atoms with Gasteiger partial charge in [-0.15, -0.1) is 0 Å². The van der Waals surface area contributed by atoms with E-state index in [1.165, 1.54) is 22.3 Å². The van der Waals surface area contributed by atoms with Gasteiger partial charge >= 0.3 is 0 Å². The number of anilines is 1. The normalized spacial score (nSPS) is 19.1. The van der Waals surface area contributed by atoms with Gasteiger partial charge < -0.3 is 5.32 Å². The van der Waals surface area contributed by atoms with Gasteiger partial charge in [-0.1, -0.05) is 71.8 Å². The predicted octanol–water partition coefficient (Wildman–Crippen LogP) is 6.16. The molecular weight excluding hydrogens is 316 g/mol. The molecule has 3 aromatic rings. The maximum absolute atomic E-state index is 5.03. The summed E-state index contributed by atoms with van der Waals surface area (Å²) in [5, 5.41) is 3.77. The van der Waals surface area contributed by atoms with Gasteiger partial charge in [-0.05, 0) is 44.0 Å². The molecule has 1 N–H and O–H groups in total. The van der Waals surface area contributed by atoms with Gasteiger partial charge in [0.15, 0.2) is 0 Å². The van der Waals surface area contributed by atoms with E-state index >= 15 is 0 Å². The molecule has 0 aromatic heterocycles. The number of nitrogens with zero attached hydrogens (tertiary/aromatic N) is 1. The quantitative estimate of drug-likeness (QED) is 0.594. The number of aryl methyl sites for hydroxylation is 2. The van der Waals surface area contributed by atoms with Gasteiger partial charge in [-0.2, -0.15) is 0 Å². The Morgan fingerprint density at radius 3 is 2.12 bits per heavy atom. The smallest absolute Gasteiger partial charge is 0.0864 e. The van der Waals surface area contributed by atoms with Gasteiger partial charge in [0.25, 0.3) is 0 Å². The SMILES string of the molecule is Cc1ccc(C2=Nc3ccccc3NC(C)(c3ccc(C)cc3)C2)cc1. The largest absolute Gasteiger partial charge is 0.374 e. The number of fused-ring (bicyclic) bond motifs is 1. The number of nitrogens with one attached hydrogen (secondary N) is 1. The zero-order chi connectivity index (χ0) is 18.1. The van der Waals surface area contributed by atoms with Crippen molar-refractivity contribution in [3.63, 3.8) is 0 Å². The van der Waals surface area contributed by atoms with E-state index in [4.69, 9.17) is 4.99 Å². The van der Waals surface area contributed by atoms with Gasteiger partial charge in [0, 0.05) is 6.42 Å². The molecule has 0 spiro atoms. The van der Waals surface area contributed by atoms with Crippen molar-refractivity contribution < 1.29 is 0 Å². The molecule has 0 amide bonds. The lowest BCUT2D eigenvalue weighted by Crippen LogP contribution is -2.33. The molecule has 1 heterocycles. The summed E-state index contributed by atoms with van der Waals surface area (Å²) in [5.74, 6) is 0. The Morgan fingerprint density at radius 2 is 1.42 bits per heavy atom. The molecule has 0 saturated heterocycles. The van der Waals surface area contributed by atoms with E-state index in [0.29, 0.717) is 0 Å². The Morgan fingerprint density at radius 1 is 0.808 bits per heavy atom. The molecule has 26 heavy (non-hydrogen) atoms. The summed E-state index contributed by atoms with van der Waals surface area (Å²) in [6.45, 7) is 6.51. The Balaban J connectivity index is 1.84. The fraction of sp³-hybridized carbons (Fsp3) is 0.208. The van der Waals surface area contributed by atoms with Crippen LogP contribution in [0.5, 0.6) is 0 Å². The Kier molecular flexibility index (Phi) is 4.12. The van der Waals surface area contributed by atoms with E-state index in [-0.39, 0.29) is 5.54 Å². The number of rotatable bonds is 2. The third-order valence-electron chi connectivity index (χ3n) is 5.16. The first-order valence-electron chi connectivity index (χ1n) is 9.12. The van der Waals surface area contributed by atoms with E-state index in [2.05, 4.69) is 92.8 Å². The standard InChI is InChI=1S/C24H24N2/c1-17-8-12-19(13-9-17)23-16-24(3,20-14-10-18(2)11-15-20)26-22-7-5-4-6-21(22)25-23/h4-15,26H,16H2,1-3H3. The average Bonchev–Trinajstić information content (AvgIpc) is 2.79. The summed E-state index contributed by atoms with van der Waals surface area (Å²) in [6.07, 6.45) is 0.827. The lowest BCUT2D eigenvalue weighted by molar-refractivity contribution is 0.571. The zero-order valence-corrected chi connectivity index (χ0v) is 15.6. The molecule has 130 valence electrons. The zero-order valence-electron chi connectivity index (χ0n) is 15.6. The van der Waals surface area contributed by atoms with Crippen LogP contribution in [0.1, 0.15) is 35.6 Å². The van der Waals surface area contributed by atoms with E-state index in [1.807, 2.05) is 6.07 Å². The monoisotopic (exact) mass is 340 g/mol.